The average Bonchev–Trinajstić information content (AvgIpc) is 3.23. The molecule has 1 fully saturated rings. The molecule has 0 radical (unpaired) electrons. The molecule has 0 spiro atoms. The molecule has 6 nitrogen and oxygen atoms in total. The minimum absolute atomic E-state index is 0.0763. The van der Waals surface area contributed by atoms with Crippen LogP contribution in [0.25, 0.3) is 16.8 Å². The van der Waals surface area contributed by atoms with Crippen LogP contribution in [-0.4, -0.2) is 43.5 Å². The zero-order chi connectivity index (χ0) is 20.5. The van der Waals surface area contributed by atoms with Crippen LogP contribution in [0.2, 0.25) is 0 Å². The molecule has 150 valence electrons. The number of amides is 1. The van der Waals surface area contributed by atoms with Crippen molar-refractivity contribution in [3.8, 4) is 11.1 Å². The molecule has 1 aliphatic heterocycles. The van der Waals surface area contributed by atoms with E-state index in [0.29, 0.717) is 18.7 Å². The molecule has 3 aromatic heterocycles. The van der Waals surface area contributed by atoms with Gasteiger partial charge in [-0.05, 0) is 66.9 Å². The maximum atomic E-state index is 13.2. The lowest BCUT2D eigenvalue weighted by Gasteiger charge is -2.31. The molecule has 1 unspecified atom stereocenters. The molecule has 1 aliphatic rings. The fraction of sp³-hybridized carbons (Fsp3) is 0.217. The zero-order valence-corrected chi connectivity index (χ0v) is 16.3. The summed E-state index contributed by atoms with van der Waals surface area (Å²) in [4.78, 5) is 23.4. The van der Waals surface area contributed by atoms with Gasteiger partial charge in [0.1, 0.15) is 5.82 Å². The standard InChI is InChI=1S/C23H20FN5O/c24-20-6-3-17(4-7-20)23(30)28-13-1-2-19(14-28)22-26-21-8-5-18(15-29(21)27-22)16-9-11-25-12-10-16/h3-12,15,19H,1-2,13-14H2. The van der Waals surface area contributed by atoms with Crippen LogP contribution in [0.3, 0.4) is 0 Å². The van der Waals surface area contributed by atoms with Gasteiger partial charge in [-0.2, -0.15) is 5.10 Å². The monoisotopic (exact) mass is 401 g/mol. The summed E-state index contributed by atoms with van der Waals surface area (Å²) in [5.74, 6) is 0.400. The van der Waals surface area contributed by atoms with Crippen molar-refractivity contribution in [1.29, 1.82) is 0 Å². The third-order valence-corrected chi connectivity index (χ3v) is 5.53. The predicted molar refractivity (Wildman–Crippen MR) is 110 cm³/mol. The highest BCUT2D eigenvalue weighted by atomic mass is 19.1. The highest BCUT2D eigenvalue weighted by molar-refractivity contribution is 5.94. The van der Waals surface area contributed by atoms with Crippen molar-refractivity contribution in [3.63, 3.8) is 0 Å². The van der Waals surface area contributed by atoms with E-state index in [1.165, 1.54) is 24.3 Å². The molecule has 4 aromatic rings. The van der Waals surface area contributed by atoms with Crippen LogP contribution < -0.4 is 0 Å². The Morgan fingerprint density at radius 2 is 1.80 bits per heavy atom. The van der Waals surface area contributed by atoms with E-state index in [1.807, 2.05) is 35.4 Å². The third kappa shape index (κ3) is 3.54. The van der Waals surface area contributed by atoms with E-state index in [4.69, 9.17) is 10.1 Å². The summed E-state index contributed by atoms with van der Waals surface area (Å²) in [6.07, 6.45) is 7.31. The maximum absolute atomic E-state index is 13.2. The topological polar surface area (TPSA) is 63.4 Å². The first kappa shape index (κ1) is 18.4. The van der Waals surface area contributed by atoms with Gasteiger partial charge in [0, 0.05) is 48.7 Å². The zero-order valence-electron chi connectivity index (χ0n) is 16.3. The molecule has 1 saturated heterocycles. The molecule has 0 saturated carbocycles. The van der Waals surface area contributed by atoms with Crippen LogP contribution in [0.1, 0.15) is 34.9 Å². The second kappa shape index (κ2) is 7.67. The summed E-state index contributed by atoms with van der Waals surface area (Å²) in [5.41, 5.74) is 3.39. The normalized spacial score (nSPS) is 16.7. The Hall–Kier alpha value is -3.61. The van der Waals surface area contributed by atoms with Crippen molar-refractivity contribution in [2.45, 2.75) is 18.8 Å². The van der Waals surface area contributed by atoms with Gasteiger partial charge >= 0.3 is 0 Å². The van der Waals surface area contributed by atoms with Crippen molar-refractivity contribution in [1.82, 2.24) is 24.5 Å². The number of piperidine rings is 1. The Kier molecular flexibility index (Phi) is 4.71. The van der Waals surface area contributed by atoms with Gasteiger partial charge in [-0.25, -0.2) is 13.9 Å². The first-order chi connectivity index (χ1) is 14.7. The highest BCUT2D eigenvalue weighted by Gasteiger charge is 2.28. The van der Waals surface area contributed by atoms with Crippen LogP contribution in [0.5, 0.6) is 0 Å². The number of halogens is 1. The van der Waals surface area contributed by atoms with Crippen molar-refractivity contribution >= 4 is 11.6 Å². The summed E-state index contributed by atoms with van der Waals surface area (Å²) >= 11 is 0. The number of carbonyl (C=O) groups excluding carboxylic acids is 1. The average molecular weight is 401 g/mol. The molecule has 1 atom stereocenters. The molecule has 5 rings (SSSR count). The number of rotatable bonds is 3. The van der Waals surface area contributed by atoms with Crippen LogP contribution >= 0.6 is 0 Å². The molecule has 0 bridgehead atoms. The van der Waals surface area contributed by atoms with E-state index in [-0.39, 0.29) is 17.6 Å². The van der Waals surface area contributed by atoms with Crippen LogP contribution in [0, 0.1) is 5.82 Å². The van der Waals surface area contributed by atoms with Crippen molar-refractivity contribution < 1.29 is 9.18 Å². The molecule has 0 N–H and O–H groups in total. The van der Waals surface area contributed by atoms with E-state index < -0.39 is 0 Å². The molecule has 0 aliphatic carbocycles. The van der Waals surface area contributed by atoms with Gasteiger partial charge in [0.05, 0.1) is 0 Å². The molecule has 1 amide bonds. The van der Waals surface area contributed by atoms with E-state index in [1.54, 1.807) is 16.9 Å². The Bertz CT molecular complexity index is 1190. The summed E-state index contributed by atoms with van der Waals surface area (Å²) in [7, 11) is 0. The SMILES string of the molecule is O=C(c1ccc(F)cc1)N1CCCC(c2nc3ccc(-c4ccncc4)cn3n2)C1. The molecule has 30 heavy (non-hydrogen) atoms. The highest BCUT2D eigenvalue weighted by Crippen LogP contribution is 2.27. The van der Waals surface area contributed by atoms with Gasteiger partial charge in [-0.15, -0.1) is 0 Å². The van der Waals surface area contributed by atoms with E-state index in [9.17, 15) is 9.18 Å². The number of fused-ring (bicyclic) bond motifs is 1. The fourth-order valence-electron chi connectivity index (χ4n) is 3.94. The van der Waals surface area contributed by atoms with Crippen LogP contribution in [0.4, 0.5) is 4.39 Å². The third-order valence-electron chi connectivity index (χ3n) is 5.53. The number of likely N-dealkylation sites (tertiary alicyclic amines) is 1. The Labute approximate surface area is 173 Å². The molecular weight excluding hydrogens is 381 g/mol. The number of hydrogen-bond donors (Lipinski definition) is 0. The molecule has 7 heteroatoms. The van der Waals surface area contributed by atoms with Crippen molar-refractivity contribution in [3.05, 3.63) is 84.3 Å². The van der Waals surface area contributed by atoms with Crippen molar-refractivity contribution in [2.75, 3.05) is 13.1 Å². The first-order valence-electron chi connectivity index (χ1n) is 9.99. The van der Waals surface area contributed by atoms with Gasteiger partial charge in [-0.3, -0.25) is 9.78 Å². The Balaban J connectivity index is 1.38. The summed E-state index contributed by atoms with van der Waals surface area (Å²) in [5, 5.41) is 4.70. The number of aromatic nitrogens is 4. The largest absolute Gasteiger partial charge is 0.338 e. The second-order valence-corrected chi connectivity index (χ2v) is 7.52. The molecular formula is C23H20FN5O. The lowest BCUT2D eigenvalue weighted by molar-refractivity contribution is 0.0704. The van der Waals surface area contributed by atoms with Gasteiger partial charge in [-0.1, -0.05) is 0 Å². The van der Waals surface area contributed by atoms with Gasteiger partial charge in [0.2, 0.25) is 0 Å². The van der Waals surface area contributed by atoms with E-state index in [0.717, 1.165) is 35.4 Å². The summed E-state index contributed by atoms with van der Waals surface area (Å²) in [6, 6.07) is 13.6. The lowest BCUT2D eigenvalue weighted by atomic mass is 9.96. The number of benzene rings is 1. The Morgan fingerprint density at radius 3 is 2.60 bits per heavy atom. The summed E-state index contributed by atoms with van der Waals surface area (Å²) in [6.45, 7) is 1.25. The minimum atomic E-state index is -0.344. The number of hydrogen-bond acceptors (Lipinski definition) is 4. The van der Waals surface area contributed by atoms with Crippen LogP contribution in [0.15, 0.2) is 67.1 Å². The van der Waals surface area contributed by atoms with E-state index >= 15 is 0 Å². The minimum Gasteiger partial charge on any atom is -0.338 e. The fourth-order valence-corrected chi connectivity index (χ4v) is 3.94. The van der Waals surface area contributed by atoms with Crippen molar-refractivity contribution in [2.24, 2.45) is 0 Å². The van der Waals surface area contributed by atoms with Gasteiger partial charge in [0.15, 0.2) is 11.5 Å². The smallest absolute Gasteiger partial charge is 0.253 e. The lowest BCUT2D eigenvalue weighted by Crippen LogP contribution is -2.39. The predicted octanol–water partition coefficient (Wildman–Crippen LogP) is 3.95. The quantitative estimate of drug-likeness (QED) is 0.521. The second-order valence-electron chi connectivity index (χ2n) is 7.52. The number of pyridine rings is 2. The van der Waals surface area contributed by atoms with Gasteiger partial charge in [0.25, 0.3) is 5.91 Å². The molecule has 1 aromatic carbocycles. The Morgan fingerprint density at radius 1 is 1.00 bits per heavy atom. The van der Waals surface area contributed by atoms with Gasteiger partial charge < -0.3 is 4.90 Å². The van der Waals surface area contributed by atoms with E-state index in [2.05, 4.69) is 4.98 Å². The summed E-state index contributed by atoms with van der Waals surface area (Å²) < 4.78 is 15.0. The molecule has 4 heterocycles. The number of carbonyl (C=O) groups is 1. The maximum Gasteiger partial charge on any atom is 0.253 e. The number of nitrogens with zero attached hydrogens (tertiary/aromatic N) is 5. The first-order valence-corrected chi connectivity index (χ1v) is 9.99. The van der Waals surface area contributed by atoms with Crippen LogP contribution in [-0.2, 0) is 0 Å².